The maximum absolute atomic E-state index is 5.16. The lowest BCUT2D eigenvalue weighted by molar-refractivity contribution is 1.01. The molecule has 248 valence electrons. The van der Waals surface area contributed by atoms with Crippen LogP contribution in [0.15, 0.2) is 188 Å². The summed E-state index contributed by atoms with van der Waals surface area (Å²) in [6, 6.07) is 61.6. The Morgan fingerprint density at radius 1 is 0.396 bits per heavy atom. The minimum absolute atomic E-state index is 0.981. The molecule has 3 aromatic heterocycles. The van der Waals surface area contributed by atoms with E-state index < -0.39 is 0 Å². The van der Waals surface area contributed by atoms with Crippen molar-refractivity contribution in [3.63, 3.8) is 0 Å². The maximum Gasteiger partial charge on any atom is 0.0787 e. The molecule has 0 spiro atoms. The van der Waals surface area contributed by atoms with E-state index in [1.54, 1.807) is 0 Å². The molecule has 0 atom stereocenters. The Kier molecular flexibility index (Phi) is 6.73. The van der Waals surface area contributed by atoms with Gasteiger partial charge in [0, 0.05) is 60.9 Å². The third-order valence-corrected chi connectivity index (χ3v) is 11.9. The molecule has 4 heteroatoms. The lowest BCUT2D eigenvalue weighted by Gasteiger charge is -2.19. The standard InChI is InChI=1S/C49H31N3S/c1-3-13-33(14-4-1)51-27-28-52(34-15-5-2-6-16-34)46-31-44-43(30-45(46)51)37-18-8-7-17-36(37)42-29-32(24-25-38(42)40-22-12-26-50-48(40)44)35-20-11-21-41-39-19-9-10-23-47(39)53-49(35)41/h1-31H. The number of rotatable bonds is 3. The molecule has 0 aliphatic rings. The Morgan fingerprint density at radius 3 is 1.68 bits per heavy atom. The molecule has 11 aromatic rings. The van der Waals surface area contributed by atoms with Gasteiger partial charge in [0.05, 0.1) is 16.6 Å². The van der Waals surface area contributed by atoms with Crippen LogP contribution in [0.4, 0.5) is 0 Å². The Balaban J connectivity index is 1.30. The van der Waals surface area contributed by atoms with Gasteiger partial charge in [0.25, 0.3) is 0 Å². The summed E-state index contributed by atoms with van der Waals surface area (Å²) >= 11 is 1.88. The largest absolute Gasteiger partial charge is 0.314 e. The lowest BCUT2D eigenvalue weighted by atomic mass is 9.93. The van der Waals surface area contributed by atoms with E-state index in [0.29, 0.717) is 0 Å². The number of benzene rings is 7. The Labute approximate surface area is 309 Å². The van der Waals surface area contributed by atoms with Crippen molar-refractivity contribution in [1.82, 2.24) is 14.1 Å². The molecule has 0 saturated carbocycles. The number of hydrogen-bond acceptors (Lipinski definition) is 2. The monoisotopic (exact) mass is 693 g/mol. The Hall–Kier alpha value is -6.75. The van der Waals surface area contributed by atoms with Gasteiger partial charge in [-0.15, -0.1) is 11.3 Å². The van der Waals surface area contributed by atoms with E-state index in [0.717, 1.165) is 44.1 Å². The zero-order valence-corrected chi connectivity index (χ0v) is 29.5. The van der Waals surface area contributed by atoms with Crippen LogP contribution in [0, 0.1) is 0 Å². The highest BCUT2D eigenvalue weighted by Gasteiger charge is 2.16. The van der Waals surface area contributed by atoms with Crippen molar-refractivity contribution in [2.24, 2.45) is 0 Å². The molecule has 0 N–H and O–H groups in total. The SMILES string of the molecule is c1ccc(-n2ccn(-c3ccccc3)c3cc4c(cc32)c2ccccc2c2cc(-c3cccc5c3sc3ccccc35)ccc2c2cccnc24)cc1. The minimum atomic E-state index is 0.981. The zero-order valence-electron chi connectivity index (χ0n) is 28.6. The molecule has 0 bridgehead atoms. The predicted molar refractivity (Wildman–Crippen MR) is 226 cm³/mol. The molecular formula is C49H31N3S. The quantitative estimate of drug-likeness (QED) is 0.181. The number of para-hydroxylation sites is 2. The molecule has 11 rings (SSSR count). The van der Waals surface area contributed by atoms with Gasteiger partial charge in [-0.25, -0.2) is 0 Å². The molecule has 3 nitrogen and oxygen atoms in total. The topological polar surface area (TPSA) is 22.8 Å². The number of pyridine rings is 1. The van der Waals surface area contributed by atoms with Crippen molar-refractivity contribution in [3.8, 4) is 22.5 Å². The van der Waals surface area contributed by atoms with Crippen molar-refractivity contribution in [3.05, 3.63) is 188 Å². The summed E-state index contributed by atoms with van der Waals surface area (Å²) < 4.78 is 7.23. The molecule has 0 fully saturated rings. The first-order valence-corrected chi connectivity index (χ1v) is 18.8. The number of aromatic nitrogens is 3. The van der Waals surface area contributed by atoms with Crippen molar-refractivity contribution >= 4 is 85.8 Å². The second kappa shape index (κ2) is 11.9. The highest BCUT2D eigenvalue weighted by Crippen LogP contribution is 2.42. The molecule has 8 aromatic carbocycles. The van der Waals surface area contributed by atoms with Gasteiger partial charge >= 0.3 is 0 Å². The number of thiophene rings is 1. The summed E-state index contributed by atoms with van der Waals surface area (Å²) in [5.74, 6) is 0. The summed E-state index contributed by atoms with van der Waals surface area (Å²) in [4.78, 5) is 5.16. The summed E-state index contributed by atoms with van der Waals surface area (Å²) in [7, 11) is 0. The van der Waals surface area contributed by atoms with Crippen molar-refractivity contribution in [1.29, 1.82) is 0 Å². The van der Waals surface area contributed by atoms with Crippen molar-refractivity contribution < 1.29 is 0 Å². The average Bonchev–Trinajstić information content (AvgIpc) is 3.62. The van der Waals surface area contributed by atoms with Gasteiger partial charge in [-0.2, -0.15) is 0 Å². The molecule has 0 aliphatic heterocycles. The number of hydrogen-bond donors (Lipinski definition) is 0. The van der Waals surface area contributed by atoms with E-state index in [-0.39, 0.29) is 0 Å². The van der Waals surface area contributed by atoms with Crippen LogP contribution in [0.5, 0.6) is 0 Å². The molecular weight excluding hydrogens is 663 g/mol. The van der Waals surface area contributed by atoms with Crippen LogP contribution in [0.1, 0.15) is 0 Å². The molecule has 0 aliphatic carbocycles. The third kappa shape index (κ3) is 4.70. The molecule has 0 radical (unpaired) electrons. The van der Waals surface area contributed by atoms with Crippen molar-refractivity contribution in [2.45, 2.75) is 0 Å². The Bertz CT molecular complexity index is 3280. The predicted octanol–water partition coefficient (Wildman–Crippen LogP) is 13.6. The van der Waals surface area contributed by atoms with Gasteiger partial charge in [0.15, 0.2) is 0 Å². The Morgan fingerprint density at radius 2 is 0.962 bits per heavy atom. The van der Waals surface area contributed by atoms with E-state index in [1.165, 1.54) is 52.8 Å². The fourth-order valence-electron chi connectivity index (χ4n) is 8.24. The smallest absolute Gasteiger partial charge is 0.0787 e. The van der Waals surface area contributed by atoms with Crippen LogP contribution in [0.25, 0.3) is 96.9 Å². The van der Waals surface area contributed by atoms with Gasteiger partial charge in [-0.3, -0.25) is 4.98 Å². The molecule has 0 saturated heterocycles. The van der Waals surface area contributed by atoms with Gasteiger partial charge in [-0.05, 0) is 92.7 Å². The summed E-state index contributed by atoms with van der Waals surface area (Å²) in [6.07, 6.45) is 6.27. The molecule has 53 heavy (non-hydrogen) atoms. The highest BCUT2D eigenvalue weighted by molar-refractivity contribution is 7.26. The van der Waals surface area contributed by atoms with E-state index in [2.05, 4.69) is 191 Å². The molecule has 0 amide bonds. The van der Waals surface area contributed by atoms with E-state index in [1.807, 2.05) is 17.5 Å². The van der Waals surface area contributed by atoms with Crippen LogP contribution in [-0.4, -0.2) is 14.1 Å². The lowest BCUT2D eigenvalue weighted by Crippen LogP contribution is -2.04. The summed E-state index contributed by atoms with van der Waals surface area (Å²) in [5, 5.41) is 10.8. The maximum atomic E-state index is 5.16. The van der Waals surface area contributed by atoms with E-state index >= 15 is 0 Å². The van der Waals surface area contributed by atoms with Gasteiger partial charge in [-0.1, -0.05) is 115 Å². The first-order valence-electron chi connectivity index (χ1n) is 18.0. The fourth-order valence-corrected chi connectivity index (χ4v) is 9.48. The van der Waals surface area contributed by atoms with E-state index in [4.69, 9.17) is 4.98 Å². The third-order valence-electron chi connectivity index (χ3n) is 10.7. The van der Waals surface area contributed by atoms with Gasteiger partial charge < -0.3 is 9.13 Å². The van der Waals surface area contributed by atoms with Crippen molar-refractivity contribution in [2.75, 3.05) is 0 Å². The summed E-state index contributed by atoms with van der Waals surface area (Å²) in [6.45, 7) is 0. The van der Waals surface area contributed by atoms with E-state index in [9.17, 15) is 0 Å². The normalized spacial score (nSPS) is 11.8. The molecule has 3 heterocycles. The first kappa shape index (κ1) is 29.9. The fraction of sp³-hybridized carbons (Fsp3) is 0. The minimum Gasteiger partial charge on any atom is -0.314 e. The second-order valence-corrected chi connectivity index (χ2v) is 14.6. The average molecular weight is 694 g/mol. The van der Waals surface area contributed by atoms with Crippen LogP contribution >= 0.6 is 11.3 Å². The van der Waals surface area contributed by atoms with Crippen LogP contribution in [-0.2, 0) is 0 Å². The first-order chi connectivity index (χ1) is 26.3. The van der Waals surface area contributed by atoms with Crippen LogP contribution < -0.4 is 0 Å². The highest BCUT2D eigenvalue weighted by atomic mass is 32.1. The van der Waals surface area contributed by atoms with Gasteiger partial charge in [0.2, 0.25) is 0 Å². The zero-order chi connectivity index (χ0) is 34.9. The van der Waals surface area contributed by atoms with Crippen LogP contribution in [0.2, 0.25) is 0 Å². The van der Waals surface area contributed by atoms with Gasteiger partial charge in [0.1, 0.15) is 0 Å². The second-order valence-electron chi connectivity index (χ2n) is 13.6. The number of nitrogens with zero attached hydrogens (tertiary/aromatic N) is 3. The molecule has 0 unspecified atom stereocenters. The number of fused-ring (bicyclic) bond motifs is 12. The summed E-state index contributed by atoms with van der Waals surface area (Å²) in [5.41, 5.74) is 7.89. The van der Waals surface area contributed by atoms with Crippen LogP contribution in [0.3, 0.4) is 0 Å².